The summed E-state index contributed by atoms with van der Waals surface area (Å²) in [5.41, 5.74) is -1.05. The maximum Gasteiger partial charge on any atom is 0.329 e. The van der Waals surface area contributed by atoms with Gasteiger partial charge in [-0.1, -0.05) is 26.2 Å². The van der Waals surface area contributed by atoms with Gasteiger partial charge in [0, 0.05) is 0 Å². The first-order valence-corrected chi connectivity index (χ1v) is 7.32. The zero-order valence-electron chi connectivity index (χ0n) is 11.6. The largest absolute Gasteiger partial charge is 0.480 e. The van der Waals surface area contributed by atoms with Gasteiger partial charge < -0.3 is 15.7 Å². The van der Waals surface area contributed by atoms with Crippen molar-refractivity contribution >= 4 is 11.9 Å². The van der Waals surface area contributed by atoms with Crippen molar-refractivity contribution in [3.05, 3.63) is 0 Å². The predicted molar refractivity (Wildman–Crippen MR) is 71.8 cm³/mol. The van der Waals surface area contributed by atoms with Crippen LogP contribution in [0.1, 0.15) is 51.9 Å². The van der Waals surface area contributed by atoms with E-state index in [9.17, 15) is 14.7 Å². The lowest BCUT2D eigenvalue weighted by Gasteiger charge is -2.38. The number of aliphatic carboxylic acids is 1. The molecular weight excluding hydrogens is 244 g/mol. The molecule has 1 aliphatic carbocycles. The number of carbonyl (C=O) groups excluding carboxylic acids is 1. The minimum Gasteiger partial charge on any atom is -0.480 e. The van der Waals surface area contributed by atoms with Crippen LogP contribution in [0.15, 0.2) is 0 Å². The molecule has 2 aliphatic rings. The number of hydrogen-bond donors (Lipinski definition) is 3. The molecule has 1 saturated carbocycles. The van der Waals surface area contributed by atoms with E-state index >= 15 is 0 Å². The third kappa shape index (κ3) is 3.26. The highest BCUT2D eigenvalue weighted by Crippen LogP contribution is 2.32. The Morgan fingerprint density at radius 3 is 2.63 bits per heavy atom. The Kier molecular flexibility index (Phi) is 4.45. The first-order chi connectivity index (χ1) is 9.03. The Hall–Kier alpha value is -1.10. The van der Waals surface area contributed by atoms with Crippen LogP contribution in [0.25, 0.3) is 0 Å². The molecule has 1 heterocycles. The quantitative estimate of drug-likeness (QED) is 0.720. The summed E-state index contributed by atoms with van der Waals surface area (Å²) >= 11 is 0. The Labute approximate surface area is 114 Å². The molecule has 2 rings (SSSR count). The number of rotatable bonds is 3. The van der Waals surface area contributed by atoms with Crippen LogP contribution in [0.5, 0.6) is 0 Å². The van der Waals surface area contributed by atoms with Crippen LogP contribution in [0, 0.1) is 5.92 Å². The first kappa shape index (κ1) is 14.3. The van der Waals surface area contributed by atoms with Gasteiger partial charge >= 0.3 is 5.97 Å². The van der Waals surface area contributed by atoms with Crippen LogP contribution in [0.2, 0.25) is 0 Å². The smallest absolute Gasteiger partial charge is 0.329 e. The zero-order chi connectivity index (χ0) is 13.9. The summed E-state index contributed by atoms with van der Waals surface area (Å²) in [6, 6.07) is -0.220. The third-order valence-corrected chi connectivity index (χ3v) is 4.40. The molecule has 5 nitrogen and oxygen atoms in total. The summed E-state index contributed by atoms with van der Waals surface area (Å²) in [6.45, 7) is 2.90. The van der Waals surface area contributed by atoms with E-state index in [0.717, 1.165) is 38.6 Å². The highest BCUT2D eigenvalue weighted by Gasteiger charge is 2.44. The Bertz CT molecular complexity index is 353. The standard InChI is InChI=1S/C14H24N2O3/c1-10-5-4-7-14(9-10,13(18)19)16-12(17)11-6-2-3-8-15-11/h10-11,15H,2-9H2,1H3,(H,16,17)(H,18,19)/t10?,11-,14?/m1/s1. The van der Waals surface area contributed by atoms with Gasteiger partial charge in [-0.3, -0.25) is 4.79 Å². The van der Waals surface area contributed by atoms with E-state index in [1.807, 2.05) is 0 Å². The van der Waals surface area contributed by atoms with Crippen molar-refractivity contribution in [1.29, 1.82) is 0 Å². The maximum atomic E-state index is 12.2. The zero-order valence-corrected chi connectivity index (χ0v) is 11.6. The van der Waals surface area contributed by atoms with E-state index in [1.54, 1.807) is 0 Å². The highest BCUT2D eigenvalue weighted by molar-refractivity contribution is 5.89. The van der Waals surface area contributed by atoms with Gasteiger partial charge in [0.05, 0.1) is 6.04 Å². The van der Waals surface area contributed by atoms with Gasteiger partial charge in [-0.15, -0.1) is 0 Å². The molecule has 0 aromatic heterocycles. The molecule has 3 atom stereocenters. The van der Waals surface area contributed by atoms with Crippen LogP contribution >= 0.6 is 0 Å². The van der Waals surface area contributed by atoms with Gasteiger partial charge in [0.25, 0.3) is 0 Å². The average molecular weight is 268 g/mol. The van der Waals surface area contributed by atoms with Crippen molar-refractivity contribution in [3.8, 4) is 0 Å². The van der Waals surface area contributed by atoms with E-state index in [0.29, 0.717) is 18.8 Å². The van der Waals surface area contributed by atoms with E-state index in [-0.39, 0.29) is 11.9 Å². The number of hydrogen-bond acceptors (Lipinski definition) is 3. The second-order valence-electron chi connectivity index (χ2n) is 6.08. The fourth-order valence-corrected chi connectivity index (χ4v) is 3.31. The van der Waals surface area contributed by atoms with Crippen molar-refractivity contribution in [2.45, 2.75) is 63.5 Å². The molecule has 2 fully saturated rings. The molecular formula is C14H24N2O3. The van der Waals surface area contributed by atoms with Gasteiger partial charge in [0.1, 0.15) is 5.54 Å². The maximum absolute atomic E-state index is 12.2. The Balaban J connectivity index is 2.03. The average Bonchev–Trinajstić information content (AvgIpc) is 2.39. The lowest BCUT2D eigenvalue weighted by Crippen LogP contribution is -2.60. The van der Waals surface area contributed by atoms with Crippen LogP contribution in [0.3, 0.4) is 0 Å². The summed E-state index contributed by atoms with van der Waals surface area (Å²) in [5.74, 6) is -0.677. The second kappa shape index (κ2) is 5.90. The highest BCUT2D eigenvalue weighted by atomic mass is 16.4. The molecule has 0 aromatic rings. The number of nitrogens with one attached hydrogen (secondary N) is 2. The number of amides is 1. The molecule has 0 radical (unpaired) electrons. The monoisotopic (exact) mass is 268 g/mol. The van der Waals surface area contributed by atoms with E-state index in [1.165, 1.54) is 0 Å². The molecule has 3 N–H and O–H groups in total. The first-order valence-electron chi connectivity index (χ1n) is 7.32. The van der Waals surface area contributed by atoms with Crippen LogP contribution in [0.4, 0.5) is 0 Å². The predicted octanol–water partition coefficient (Wildman–Crippen LogP) is 1.28. The van der Waals surface area contributed by atoms with Gasteiger partial charge in [0.2, 0.25) is 5.91 Å². The van der Waals surface area contributed by atoms with Gasteiger partial charge in [-0.25, -0.2) is 4.79 Å². The van der Waals surface area contributed by atoms with Crippen LogP contribution < -0.4 is 10.6 Å². The van der Waals surface area contributed by atoms with Crippen molar-refractivity contribution < 1.29 is 14.7 Å². The number of carboxylic acid groups (broad SMARTS) is 1. The van der Waals surface area contributed by atoms with Gasteiger partial charge in [0.15, 0.2) is 0 Å². The second-order valence-corrected chi connectivity index (χ2v) is 6.08. The fourth-order valence-electron chi connectivity index (χ4n) is 3.31. The van der Waals surface area contributed by atoms with Gasteiger partial charge in [-0.05, 0) is 38.1 Å². The van der Waals surface area contributed by atoms with Gasteiger partial charge in [-0.2, -0.15) is 0 Å². The van der Waals surface area contributed by atoms with Crippen LogP contribution in [-0.2, 0) is 9.59 Å². The molecule has 0 aromatic carbocycles. The molecule has 1 saturated heterocycles. The molecule has 2 unspecified atom stereocenters. The van der Waals surface area contributed by atoms with Crippen LogP contribution in [-0.4, -0.2) is 35.1 Å². The molecule has 0 bridgehead atoms. The Morgan fingerprint density at radius 2 is 2.05 bits per heavy atom. The summed E-state index contributed by atoms with van der Waals surface area (Å²) in [5, 5.41) is 15.5. The number of piperidine rings is 1. The van der Waals surface area contributed by atoms with Crippen molar-refractivity contribution in [1.82, 2.24) is 10.6 Å². The minimum absolute atomic E-state index is 0.142. The molecule has 1 aliphatic heterocycles. The normalized spacial score (nSPS) is 35.6. The summed E-state index contributed by atoms with van der Waals surface area (Å²) in [6.07, 6.45) is 5.92. The summed E-state index contributed by atoms with van der Waals surface area (Å²) in [4.78, 5) is 23.9. The lowest BCUT2D eigenvalue weighted by atomic mass is 9.76. The minimum atomic E-state index is -1.05. The molecule has 108 valence electrons. The van der Waals surface area contributed by atoms with Crippen molar-refractivity contribution in [3.63, 3.8) is 0 Å². The topological polar surface area (TPSA) is 78.4 Å². The third-order valence-electron chi connectivity index (χ3n) is 4.40. The molecule has 19 heavy (non-hydrogen) atoms. The van der Waals surface area contributed by atoms with E-state index in [4.69, 9.17) is 0 Å². The van der Waals surface area contributed by atoms with E-state index < -0.39 is 11.5 Å². The SMILES string of the molecule is CC1CCCC(NC(=O)[C@H]2CCCCN2)(C(=O)O)C1. The molecule has 1 amide bonds. The summed E-state index contributed by atoms with van der Waals surface area (Å²) in [7, 11) is 0. The fraction of sp³-hybridized carbons (Fsp3) is 0.857. The Morgan fingerprint density at radius 1 is 1.26 bits per heavy atom. The van der Waals surface area contributed by atoms with Crippen molar-refractivity contribution in [2.24, 2.45) is 5.92 Å². The number of carboxylic acids is 1. The van der Waals surface area contributed by atoms with Crippen molar-refractivity contribution in [2.75, 3.05) is 6.54 Å². The molecule has 5 heteroatoms. The molecule has 0 spiro atoms. The number of carbonyl (C=O) groups is 2. The van der Waals surface area contributed by atoms with E-state index in [2.05, 4.69) is 17.6 Å². The summed E-state index contributed by atoms with van der Waals surface area (Å²) < 4.78 is 0. The lowest BCUT2D eigenvalue weighted by molar-refractivity contribution is -0.150.